The lowest BCUT2D eigenvalue weighted by atomic mass is 10.0. The molecular formula is C40H41N9O8. The van der Waals surface area contributed by atoms with E-state index in [2.05, 4.69) is 50.0 Å². The molecule has 3 aromatic heterocycles. The van der Waals surface area contributed by atoms with Gasteiger partial charge in [0.1, 0.15) is 30.6 Å². The molecule has 0 bridgehead atoms. The van der Waals surface area contributed by atoms with E-state index >= 15 is 0 Å². The van der Waals surface area contributed by atoms with Gasteiger partial charge in [-0.15, -0.1) is 10.2 Å². The number of piperazine rings is 1. The van der Waals surface area contributed by atoms with E-state index in [1.807, 2.05) is 27.6 Å². The van der Waals surface area contributed by atoms with Crippen molar-refractivity contribution in [2.45, 2.75) is 31.7 Å². The summed E-state index contributed by atoms with van der Waals surface area (Å²) in [6.45, 7) is 3.63. The number of piperidine rings is 1. The summed E-state index contributed by atoms with van der Waals surface area (Å²) < 4.78 is 18.6. The summed E-state index contributed by atoms with van der Waals surface area (Å²) in [6.07, 6.45) is 6.78. The molecule has 8 rings (SSSR count). The van der Waals surface area contributed by atoms with Crippen molar-refractivity contribution in [2.24, 2.45) is 0 Å². The van der Waals surface area contributed by atoms with Crippen LogP contribution in [-0.4, -0.2) is 124 Å². The monoisotopic (exact) mass is 775 g/mol. The molecule has 2 N–H and O–H groups in total. The minimum atomic E-state index is -1.03. The van der Waals surface area contributed by atoms with Gasteiger partial charge >= 0.3 is 0 Å². The number of anilines is 2. The van der Waals surface area contributed by atoms with E-state index in [4.69, 9.17) is 18.9 Å². The number of amides is 5. The van der Waals surface area contributed by atoms with Crippen LogP contribution in [0.1, 0.15) is 45.1 Å². The Morgan fingerprint density at radius 3 is 2.51 bits per heavy atom. The number of furan rings is 1. The molecule has 0 aliphatic carbocycles. The van der Waals surface area contributed by atoms with Crippen LogP contribution in [0, 0.1) is 0 Å². The van der Waals surface area contributed by atoms with Gasteiger partial charge in [-0.2, -0.15) is 0 Å². The molecule has 5 amide bonds. The van der Waals surface area contributed by atoms with Gasteiger partial charge in [0.25, 0.3) is 11.8 Å². The fraction of sp³-hybridized carbons (Fsp3) is 0.350. The van der Waals surface area contributed by atoms with Gasteiger partial charge in [-0.1, -0.05) is 18.2 Å². The van der Waals surface area contributed by atoms with E-state index in [0.29, 0.717) is 44.8 Å². The fourth-order valence-corrected chi connectivity index (χ4v) is 7.40. The lowest BCUT2D eigenvalue weighted by Crippen LogP contribution is -2.54. The number of nitrogens with zero attached hydrogens (tertiary/aromatic N) is 7. The van der Waals surface area contributed by atoms with Crippen molar-refractivity contribution in [3.05, 3.63) is 96.1 Å². The Hall–Kier alpha value is -6.46. The highest BCUT2D eigenvalue weighted by atomic mass is 16.5. The van der Waals surface area contributed by atoms with Crippen molar-refractivity contribution < 1.29 is 37.9 Å². The average Bonchev–Trinajstić information content (AvgIpc) is 4.00. The van der Waals surface area contributed by atoms with Gasteiger partial charge in [0, 0.05) is 75.1 Å². The quantitative estimate of drug-likeness (QED) is 0.116. The lowest BCUT2D eigenvalue weighted by molar-refractivity contribution is -0.137. The summed E-state index contributed by atoms with van der Waals surface area (Å²) >= 11 is 0. The second-order valence-electron chi connectivity index (χ2n) is 13.9. The van der Waals surface area contributed by atoms with Crippen molar-refractivity contribution in [3.8, 4) is 11.1 Å². The Balaban J connectivity index is 0.735. The van der Waals surface area contributed by atoms with Crippen molar-refractivity contribution in [1.29, 1.82) is 0 Å². The number of carbonyl (C=O) groups is 5. The molecule has 2 saturated heterocycles. The van der Waals surface area contributed by atoms with Crippen LogP contribution in [0.5, 0.6) is 0 Å². The molecule has 2 aromatic carbocycles. The van der Waals surface area contributed by atoms with Crippen LogP contribution in [0.25, 0.3) is 16.8 Å². The first-order valence-corrected chi connectivity index (χ1v) is 18.9. The number of hydrogen-bond donors (Lipinski definition) is 2. The zero-order valence-corrected chi connectivity index (χ0v) is 31.1. The number of aryl methyl sites for hydroxylation is 2. The van der Waals surface area contributed by atoms with Gasteiger partial charge in [-0.25, -0.2) is 4.98 Å². The van der Waals surface area contributed by atoms with Gasteiger partial charge in [0.15, 0.2) is 5.65 Å². The third kappa shape index (κ3) is 7.97. The number of ether oxygens (including phenoxy) is 2. The molecule has 294 valence electrons. The van der Waals surface area contributed by atoms with Crippen LogP contribution in [0.2, 0.25) is 0 Å². The average molecular weight is 776 g/mol. The second-order valence-corrected chi connectivity index (χ2v) is 13.9. The summed E-state index contributed by atoms with van der Waals surface area (Å²) in [7, 11) is 0. The first-order chi connectivity index (χ1) is 27.9. The Kier molecular flexibility index (Phi) is 11.0. The Bertz CT molecular complexity index is 2280. The Morgan fingerprint density at radius 1 is 0.895 bits per heavy atom. The molecule has 0 saturated carbocycles. The molecule has 2 fully saturated rings. The topological polar surface area (TPSA) is 194 Å². The minimum Gasteiger partial charge on any atom is -0.469 e. The molecule has 1 atom stereocenters. The number of rotatable bonds is 15. The van der Waals surface area contributed by atoms with E-state index in [0.717, 1.165) is 45.4 Å². The number of nitrogens with one attached hydrogen (secondary N) is 2. The smallest absolute Gasteiger partial charge is 0.264 e. The van der Waals surface area contributed by atoms with Gasteiger partial charge in [0.2, 0.25) is 17.7 Å². The summed E-state index contributed by atoms with van der Waals surface area (Å²) in [5.41, 5.74) is 4.54. The summed E-state index contributed by atoms with van der Waals surface area (Å²) in [6, 6.07) is 16.0. The first-order valence-electron chi connectivity index (χ1n) is 18.9. The zero-order valence-electron chi connectivity index (χ0n) is 31.1. The van der Waals surface area contributed by atoms with E-state index in [1.54, 1.807) is 30.8 Å². The lowest BCUT2D eigenvalue weighted by Gasteiger charge is -2.36. The first kappa shape index (κ1) is 37.5. The number of carbonyl (C=O) groups excluding carboxylic acids is 5. The van der Waals surface area contributed by atoms with E-state index in [-0.39, 0.29) is 56.3 Å². The molecule has 1 unspecified atom stereocenters. The molecule has 3 aliphatic heterocycles. The molecular weight excluding hydrogens is 734 g/mol. The number of imide groups is 2. The molecule has 6 heterocycles. The normalized spacial score (nSPS) is 17.1. The summed E-state index contributed by atoms with van der Waals surface area (Å²) in [4.78, 5) is 72.8. The molecule has 3 aliphatic rings. The van der Waals surface area contributed by atoms with Crippen LogP contribution in [0.3, 0.4) is 0 Å². The summed E-state index contributed by atoms with van der Waals surface area (Å²) in [5, 5.41) is 13.8. The standard InChI is InChI=1S/C40H41N9O8/c50-34-13-11-32(38(52)44-34)49-39(53)29-4-1-5-31(36(29)40(49)54)41-14-20-55-21-22-56-24-35(51)47-17-15-46(16-18-47)27-8-6-26(7-9-27)30-23-42-33(48-25-43-45-37(30)48)12-10-28-3-2-19-57-28/h1-9,19,23,25,32,41H,10-18,20-22,24H2,(H,44,50,52). The van der Waals surface area contributed by atoms with Gasteiger partial charge in [-0.3, -0.25) is 38.6 Å². The maximum atomic E-state index is 13.3. The number of hydrogen-bond acceptors (Lipinski definition) is 13. The van der Waals surface area contributed by atoms with Crippen LogP contribution < -0.4 is 15.5 Å². The van der Waals surface area contributed by atoms with E-state index < -0.39 is 29.7 Å². The fourth-order valence-electron chi connectivity index (χ4n) is 7.40. The van der Waals surface area contributed by atoms with Crippen molar-refractivity contribution in [2.75, 3.05) is 69.4 Å². The van der Waals surface area contributed by atoms with Crippen molar-refractivity contribution in [1.82, 2.24) is 34.7 Å². The third-order valence-corrected chi connectivity index (χ3v) is 10.4. The highest BCUT2D eigenvalue weighted by Gasteiger charge is 2.45. The number of benzene rings is 2. The molecule has 57 heavy (non-hydrogen) atoms. The zero-order chi connectivity index (χ0) is 39.3. The van der Waals surface area contributed by atoms with E-state index in [1.165, 1.54) is 0 Å². The maximum absolute atomic E-state index is 13.3. The second kappa shape index (κ2) is 16.7. The van der Waals surface area contributed by atoms with Gasteiger partial charge in [0.05, 0.1) is 37.2 Å². The van der Waals surface area contributed by atoms with Crippen molar-refractivity contribution >= 4 is 46.6 Å². The minimum absolute atomic E-state index is 0.0426. The Morgan fingerprint density at radius 2 is 1.72 bits per heavy atom. The molecule has 5 aromatic rings. The van der Waals surface area contributed by atoms with Gasteiger partial charge in [-0.05, 0) is 48.4 Å². The van der Waals surface area contributed by atoms with Crippen molar-refractivity contribution in [3.63, 3.8) is 0 Å². The predicted octanol–water partition coefficient (Wildman–Crippen LogP) is 2.36. The van der Waals surface area contributed by atoms with Gasteiger partial charge < -0.3 is 29.0 Å². The third-order valence-electron chi connectivity index (χ3n) is 10.4. The number of fused-ring (bicyclic) bond motifs is 2. The number of aromatic nitrogens is 4. The largest absolute Gasteiger partial charge is 0.469 e. The summed E-state index contributed by atoms with van der Waals surface area (Å²) in [5.74, 6) is -0.532. The molecule has 0 spiro atoms. The SMILES string of the molecule is O=C1CCC(N2C(=O)c3cccc(NCCOCCOCC(=O)N4CCN(c5ccc(-c6cnc(CCc7ccco7)n7cnnc67)cc5)CC4)c3C2=O)C(=O)N1. The highest BCUT2D eigenvalue weighted by molar-refractivity contribution is 6.25. The van der Waals surface area contributed by atoms with E-state index in [9.17, 15) is 24.0 Å². The molecule has 17 heteroatoms. The molecule has 17 nitrogen and oxygen atoms in total. The predicted molar refractivity (Wildman–Crippen MR) is 204 cm³/mol. The van der Waals surface area contributed by atoms with Crippen LogP contribution >= 0.6 is 0 Å². The molecule has 0 radical (unpaired) electrons. The van der Waals surface area contributed by atoms with Crippen LogP contribution in [0.4, 0.5) is 11.4 Å². The maximum Gasteiger partial charge on any atom is 0.264 e. The Labute approximate surface area is 326 Å². The van der Waals surface area contributed by atoms with Crippen LogP contribution in [-0.2, 0) is 36.7 Å². The highest BCUT2D eigenvalue weighted by Crippen LogP contribution is 2.32. The van der Waals surface area contributed by atoms with Crippen LogP contribution in [0.15, 0.2) is 77.8 Å².